The molecule has 0 bridgehead atoms. The van der Waals surface area contributed by atoms with Crippen LogP contribution < -0.4 is 10.1 Å². The second-order valence-corrected chi connectivity index (χ2v) is 5.64. The number of halogens is 3. The standard InChI is InChI=1S/C18H16ClF2NO4/c1-11(16(23)22-10-12-6-2-4-8-14(12)19)25-17(24)13-7-3-5-9-15(13)26-18(20)21/h2-9,11,18H,10H2,1H3,(H,22,23)/t11-/m0/s1. The molecule has 0 aromatic heterocycles. The Morgan fingerprint density at radius 3 is 2.46 bits per heavy atom. The van der Waals surface area contributed by atoms with Crippen LogP contribution in [0.3, 0.4) is 0 Å². The van der Waals surface area contributed by atoms with Gasteiger partial charge in [-0.3, -0.25) is 4.79 Å². The number of esters is 1. The zero-order valence-electron chi connectivity index (χ0n) is 13.7. The van der Waals surface area contributed by atoms with E-state index in [2.05, 4.69) is 10.1 Å². The first kappa shape index (κ1) is 19.7. The van der Waals surface area contributed by atoms with E-state index in [1.807, 2.05) is 0 Å². The Morgan fingerprint density at radius 1 is 1.12 bits per heavy atom. The SMILES string of the molecule is C[C@H](OC(=O)c1ccccc1OC(F)F)C(=O)NCc1ccccc1Cl. The summed E-state index contributed by atoms with van der Waals surface area (Å²) in [6.45, 7) is -1.55. The van der Waals surface area contributed by atoms with Crippen molar-refractivity contribution in [1.29, 1.82) is 0 Å². The highest BCUT2D eigenvalue weighted by Crippen LogP contribution is 2.21. The van der Waals surface area contributed by atoms with Gasteiger partial charge in [0.05, 0.1) is 0 Å². The van der Waals surface area contributed by atoms with Crippen LogP contribution in [0.1, 0.15) is 22.8 Å². The van der Waals surface area contributed by atoms with Gasteiger partial charge in [0.1, 0.15) is 11.3 Å². The molecular weight excluding hydrogens is 368 g/mol. The summed E-state index contributed by atoms with van der Waals surface area (Å²) in [7, 11) is 0. The summed E-state index contributed by atoms with van der Waals surface area (Å²) in [6.07, 6.45) is -1.13. The van der Waals surface area contributed by atoms with E-state index in [4.69, 9.17) is 16.3 Å². The Labute approximate surface area is 153 Å². The maximum atomic E-state index is 12.4. The van der Waals surface area contributed by atoms with Crippen LogP contribution in [-0.2, 0) is 16.1 Å². The van der Waals surface area contributed by atoms with Gasteiger partial charge in [0, 0.05) is 11.6 Å². The third-order valence-electron chi connectivity index (χ3n) is 3.39. The van der Waals surface area contributed by atoms with E-state index in [0.717, 1.165) is 0 Å². The smallest absolute Gasteiger partial charge is 0.387 e. The minimum atomic E-state index is -3.08. The molecule has 0 saturated carbocycles. The summed E-state index contributed by atoms with van der Waals surface area (Å²) < 4.78 is 34.1. The molecule has 0 saturated heterocycles. The number of rotatable bonds is 7. The summed E-state index contributed by atoms with van der Waals surface area (Å²) in [5, 5.41) is 3.09. The lowest BCUT2D eigenvalue weighted by molar-refractivity contribution is -0.129. The maximum Gasteiger partial charge on any atom is 0.387 e. The fraction of sp³-hybridized carbons (Fsp3) is 0.222. The van der Waals surface area contributed by atoms with Crippen LogP contribution in [0.5, 0.6) is 5.75 Å². The molecule has 0 fully saturated rings. The highest BCUT2D eigenvalue weighted by molar-refractivity contribution is 6.31. The zero-order valence-corrected chi connectivity index (χ0v) is 14.5. The van der Waals surface area contributed by atoms with Crippen LogP contribution in [0.2, 0.25) is 5.02 Å². The predicted octanol–water partition coefficient (Wildman–Crippen LogP) is 3.80. The average Bonchev–Trinajstić information content (AvgIpc) is 2.60. The molecule has 8 heteroatoms. The normalized spacial score (nSPS) is 11.7. The minimum absolute atomic E-state index is 0.158. The van der Waals surface area contributed by atoms with E-state index in [1.54, 1.807) is 24.3 Å². The van der Waals surface area contributed by atoms with Crippen LogP contribution in [0.4, 0.5) is 8.78 Å². The number of benzene rings is 2. The van der Waals surface area contributed by atoms with E-state index in [0.29, 0.717) is 10.6 Å². The van der Waals surface area contributed by atoms with Crippen molar-refractivity contribution in [3.63, 3.8) is 0 Å². The molecule has 1 amide bonds. The third kappa shape index (κ3) is 5.42. The Bertz CT molecular complexity index is 785. The number of hydrogen-bond donors (Lipinski definition) is 1. The molecule has 26 heavy (non-hydrogen) atoms. The third-order valence-corrected chi connectivity index (χ3v) is 3.76. The molecular formula is C18H16ClF2NO4. The molecule has 2 aromatic carbocycles. The molecule has 0 aliphatic carbocycles. The predicted molar refractivity (Wildman–Crippen MR) is 91.3 cm³/mol. The Morgan fingerprint density at radius 2 is 1.77 bits per heavy atom. The lowest BCUT2D eigenvalue weighted by Gasteiger charge is -2.15. The molecule has 0 heterocycles. The number of carbonyl (C=O) groups is 2. The first-order chi connectivity index (χ1) is 12.4. The van der Waals surface area contributed by atoms with Crippen LogP contribution in [-0.4, -0.2) is 24.6 Å². The molecule has 0 aliphatic heterocycles. The van der Waals surface area contributed by atoms with Crippen molar-refractivity contribution in [2.45, 2.75) is 26.2 Å². The lowest BCUT2D eigenvalue weighted by atomic mass is 10.2. The summed E-state index contributed by atoms with van der Waals surface area (Å²) >= 11 is 6.00. The van der Waals surface area contributed by atoms with Crippen molar-refractivity contribution in [2.24, 2.45) is 0 Å². The molecule has 1 N–H and O–H groups in total. The van der Waals surface area contributed by atoms with Gasteiger partial charge < -0.3 is 14.8 Å². The van der Waals surface area contributed by atoms with Gasteiger partial charge in [-0.25, -0.2) is 4.79 Å². The van der Waals surface area contributed by atoms with Crippen LogP contribution >= 0.6 is 11.6 Å². The molecule has 0 radical (unpaired) electrons. The van der Waals surface area contributed by atoms with Gasteiger partial charge >= 0.3 is 12.6 Å². The van der Waals surface area contributed by atoms with Crippen LogP contribution in [0.25, 0.3) is 0 Å². The van der Waals surface area contributed by atoms with Crippen molar-refractivity contribution in [1.82, 2.24) is 5.32 Å². The summed E-state index contributed by atoms with van der Waals surface area (Å²) in [6, 6.07) is 12.4. The number of carbonyl (C=O) groups excluding carboxylic acids is 2. The van der Waals surface area contributed by atoms with Gasteiger partial charge in [-0.1, -0.05) is 41.9 Å². The van der Waals surface area contributed by atoms with E-state index in [9.17, 15) is 18.4 Å². The topological polar surface area (TPSA) is 64.6 Å². The highest BCUT2D eigenvalue weighted by Gasteiger charge is 2.22. The highest BCUT2D eigenvalue weighted by atomic mass is 35.5. The summed E-state index contributed by atoms with van der Waals surface area (Å²) in [5.74, 6) is -1.82. The first-order valence-corrected chi connectivity index (χ1v) is 8.02. The van der Waals surface area contributed by atoms with Crippen molar-refractivity contribution >= 4 is 23.5 Å². The van der Waals surface area contributed by atoms with Gasteiger partial charge in [-0.2, -0.15) is 8.78 Å². The van der Waals surface area contributed by atoms with Crippen molar-refractivity contribution in [3.8, 4) is 5.75 Å². The number of amides is 1. The fourth-order valence-electron chi connectivity index (χ4n) is 2.08. The number of para-hydroxylation sites is 1. The van der Waals surface area contributed by atoms with Crippen molar-refractivity contribution in [2.75, 3.05) is 0 Å². The van der Waals surface area contributed by atoms with Crippen molar-refractivity contribution in [3.05, 3.63) is 64.7 Å². The molecule has 0 spiro atoms. The Hall–Kier alpha value is -2.67. The van der Waals surface area contributed by atoms with Gasteiger partial charge in [-0.05, 0) is 30.7 Å². The van der Waals surface area contributed by atoms with E-state index >= 15 is 0 Å². The van der Waals surface area contributed by atoms with E-state index in [1.165, 1.54) is 31.2 Å². The van der Waals surface area contributed by atoms with Gasteiger partial charge in [-0.15, -0.1) is 0 Å². The number of hydrogen-bond acceptors (Lipinski definition) is 4. The zero-order chi connectivity index (χ0) is 19.1. The van der Waals surface area contributed by atoms with Gasteiger partial charge in [0.15, 0.2) is 6.10 Å². The maximum absolute atomic E-state index is 12.4. The lowest BCUT2D eigenvalue weighted by Crippen LogP contribution is -2.35. The molecule has 5 nitrogen and oxygen atoms in total. The second-order valence-electron chi connectivity index (χ2n) is 5.23. The summed E-state index contributed by atoms with van der Waals surface area (Å²) in [4.78, 5) is 24.2. The molecule has 1 atom stereocenters. The summed E-state index contributed by atoms with van der Waals surface area (Å²) in [5.41, 5.74) is 0.510. The number of nitrogens with one attached hydrogen (secondary N) is 1. The van der Waals surface area contributed by atoms with Crippen LogP contribution in [0, 0.1) is 0 Å². The molecule has 2 rings (SSSR count). The Balaban J connectivity index is 1.96. The van der Waals surface area contributed by atoms with E-state index < -0.39 is 24.6 Å². The average molecular weight is 384 g/mol. The van der Waals surface area contributed by atoms with Gasteiger partial charge in [0.25, 0.3) is 5.91 Å². The van der Waals surface area contributed by atoms with Gasteiger partial charge in [0.2, 0.25) is 0 Å². The number of alkyl halides is 2. The van der Waals surface area contributed by atoms with Crippen molar-refractivity contribution < 1.29 is 27.8 Å². The first-order valence-electron chi connectivity index (χ1n) is 7.64. The second kappa shape index (κ2) is 9.15. The molecule has 138 valence electrons. The fourth-order valence-corrected chi connectivity index (χ4v) is 2.28. The minimum Gasteiger partial charge on any atom is -0.449 e. The quantitative estimate of drug-likeness (QED) is 0.738. The Kier molecular flexibility index (Phi) is 6.91. The number of ether oxygens (including phenoxy) is 2. The monoisotopic (exact) mass is 383 g/mol. The largest absolute Gasteiger partial charge is 0.449 e. The van der Waals surface area contributed by atoms with E-state index in [-0.39, 0.29) is 17.9 Å². The molecule has 0 aliphatic rings. The molecule has 2 aromatic rings. The molecule has 0 unspecified atom stereocenters. The van der Waals surface area contributed by atoms with Crippen LogP contribution in [0.15, 0.2) is 48.5 Å².